The van der Waals surface area contributed by atoms with E-state index in [2.05, 4.69) is 5.32 Å². The van der Waals surface area contributed by atoms with Crippen LogP contribution < -0.4 is 14.8 Å². The normalized spacial score (nSPS) is 15.9. The molecule has 1 N–H and O–H groups in total. The zero-order chi connectivity index (χ0) is 17.8. The first-order valence-corrected chi connectivity index (χ1v) is 8.52. The Bertz CT molecular complexity index is 766. The SMILES string of the molecule is Cc1ccc(NC(=O)CN(C)CC2COc3ccccc3O2)c(Cl)c1. The van der Waals surface area contributed by atoms with Crippen molar-refractivity contribution >= 4 is 23.2 Å². The number of ether oxygens (including phenoxy) is 2. The Balaban J connectivity index is 1.51. The van der Waals surface area contributed by atoms with E-state index in [0.29, 0.717) is 23.9 Å². The van der Waals surface area contributed by atoms with Gasteiger partial charge in [-0.05, 0) is 43.8 Å². The number of likely N-dealkylation sites (N-methyl/N-ethyl adjacent to an activating group) is 1. The highest BCUT2D eigenvalue weighted by Crippen LogP contribution is 2.31. The van der Waals surface area contributed by atoms with Gasteiger partial charge in [0, 0.05) is 6.54 Å². The minimum absolute atomic E-state index is 0.115. The van der Waals surface area contributed by atoms with Gasteiger partial charge in [0.2, 0.25) is 5.91 Å². The summed E-state index contributed by atoms with van der Waals surface area (Å²) in [6, 6.07) is 13.1. The van der Waals surface area contributed by atoms with Crippen LogP contribution in [0.1, 0.15) is 5.56 Å². The molecule has 0 aliphatic carbocycles. The van der Waals surface area contributed by atoms with Gasteiger partial charge in [-0.2, -0.15) is 0 Å². The van der Waals surface area contributed by atoms with E-state index in [9.17, 15) is 4.79 Å². The van der Waals surface area contributed by atoms with E-state index in [1.54, 1.807) is 0 Å². The van der Waals surface area contributed by atoms with Crippen molar-refractivity contribution in [1.29, 1.82) is 0 Å². The molecular formula is C19H21ClN2O3. The Labute approximate surface area is 152 Å². The number of benzene rings is 2. The Morgan fingerprint density at radius 2 is 2.04 bits per heavy atom. The molecule has 25 heavy (non-hydrogen) atoms. The van der Waals surface area contributed by atoms with Gasteiger partial charge in [-0.3, -0.25) is 9.69 Å². The molecule has 0 aromatic heterocycles. The molecule has 1 atom stereocenters. The number of hydrogen-bond acceptors (Lipinski definition) is 4. The molecule has 1 aliphatic rings. The number of carbonyl (C=O) groups excluding carboxylic acids is 1. The molecule has 1 heterocycles. The summed E-state index contributed by atoms with van der Waals surface area (Å²) in [7, 11) is 1.88. The van der Waals surface area contributed by atoms with Gasteiger partial charge in [-0.1, -0.05) is 29.8 Å². The Kier molecular flexibility index (Phi) is 5.46. The molecule has 0 radical (unpaired) electrons. The largest absolute Gasteiger partial charge is 0.486 e. The Morgan fingerprint density at radius 1 is 1.28 bits per heavy atom. The third-order valence-corrected chi connectivity index (χ3v) is 4.21. The van der Waals surface area contributed by atoms with Gasteiger partial charge in [0.1, 0.15) is 12.7 Å². The number of nitrogens with zero attached hydrogens (tertiary/aromatic N) is 1. The number of para-hydroxylation sites is 2. The molecule has 132 valence electrons. The van der Waals surface area contributed by atoms with Crippen LogP contribution in [0, 0.1) is 6.92 Å². The smallest absolute Gasteiger partial charge is 0.238 e. The highest BCUT2D eigenvalue weighted by atomic mass is 35.5. The third-order valence-electron chi connectivity index (χ3n) is 3.90. The van der Waals surface area contributed by atoms with E-state index in [-0.39, 0.29) is 18.6 Å². The topological polar surface area (TPSA) is 50.8 Å². The number of fused-ring (bicyclic) bond motifs is 1. The van der Waals surface area contributed by atoms with Crippen molar-refractivity contribution in [1.82, 2.24) is 4.90 Å². The number of halogens is 1. The van der Waals surface area contributed by atoms with Crippen molar-refractivity contribution in [3.05, 3.63) is 53.1 Å². The molecule has 0 saturated carbocycles. The fourth-order valence-electron chi connectivity index (χ4n) is 2.72. The molecule has 1 aliphatic heterocycles. The number of hydrogen-bond donors (Lipinski definition) is 1. The van der Waals surface area contributed by atoms with Crippen molar-refractivity contribution < 1.29 is 14.3 Å². The first kappa shape index (κ1) is 17.6. The molecule has 2 aromatic carbocycles. The summed E-state index contributed by atoms with van der Waals surface area (Å²) in [6.07, 6.45) is -0.115. The summed E-state index contributed by atoms with van der Waals surface area (Å²) in [6.45, 7) is 3.25. The van der Waals surface area contributed by atoms with Crippen LogP contribution in [0.5, 0.6) is 11.5 Å². The molecule has 5 nitrogen and oxygen atoms in total. The van der Waals surface area contributed by atoms with Crippen LogP contribution in [-0.2, 0) is 4.79 Å². The highest BCUT2D eigenvalue weighted by molar-refractivity contribution is 6.33. The first-order chi connectivity index (χ1) is 12.0. The summed E-state index contributed by atoms with van der Waals surface area (Å²) in [5.74, 6) is 1.38. The van der Waals surface area contributed by atoms with Crippen LogP contribution in [0.4, 0.5) is 5.69 Å². The van der Waals surface area contributed by atoms with Crippen molar-refractivity contribution in [2.75, 3.05) is 32.1 Å². The lowest BCUT2D eigenvalue weighted by molar-refractivity contribution is -0.117. The number of rotatable bonds is 5. The van der Waals surface area contributed by atoms with Crippen LogP contribution in [0.2, 0.25) is 5.02 Å². The summed E-state index contributed by atoms with van der Waals surface area (Å²) in [5, 5.41) is 3.38. The quantitative estimate of drug-likeness (QED) is 0.888. The molecule has 0 fully saturated rings. The van der Waals surface area contributed by atoms with E-state index in [1.165, 1.54) is 0 Å². The second kappa shape index (κ2) is 7.76. The summed E-state index contributed by atoms with van der Waals surface area (Å²) in [4.78, 5) is 14.1. The maximum atomic E-state index is 12.2. The maximum absolute atomic E-state index is 12.2. The molecule has 0 spiro atoms. The molecule has 0 bridgehead atoms. The second-order valence-electron chi connectivity index (χ2n) is 6.23. The maximum Gasteiger partial charge on any atom is 0.238 e. The second-order valence-corrected chi connectivity index (χ2v) is 6.63. The molecule has 2 aromatic rings. The van der Waals surface area contributed by atoms with Crippen LogP contribution >= 0.6 is 11.6 Å². The van der Waals surface area contributed by atoms with Gasteiger partial charge >= 0.3 is 0 Å². The molecule has 1 amide bonds. The standard InChI is InChI=1S/C19H21ClN2O3/c1-13-7-8-16(15(20)9-13)21-19(23)11-22(2)10-14-12-24-17-5-3-4-6-18(17)25-14/h3-9,14H,10-12H2,1-2H3,(H,21,23). The van der Waals surface area contributed by atoms with Gasteiger partial charge in [-0.15, -0.1) is 0 Å². The lowest BCUT2D eigenvalue weighted by Gasteiger charge is -2.29. The number of aryl methyl sites for hydroxylation is 1. The predicted molar refractivity (Wildman–Crippen MR) is 98.7 cm³/mol. The zero-order valence-electron chi connectivity index (χ0n) is 14.3. The lowest BCUT2D eigenvalue weighted by Crippen LogP contribution is -2.42. The predicted octanol–water partition coefficient (Wildman–Crippen LogP) is 3.36. The summed E-state index contributed by atoms with van der Waals surface area (Å²) < 4.78 is 11.6. The van der Waals surface area contributed by atoms with Crippen molar-refractivity contribution in [3.63, 3.8) is 0 Å². The van der Waals surface area contributed by atoms with E-state index < -0.39 is 0 Å². The Morgan fingerprint density at radius 3 is 2.80 bits per heavy atom. The minimum Gasteiger partial charge on any atom is -0.486 e. The first-order valence-electron chi connectivity index (χ1n) is 8.14. The average molecular weight is 361 g/mol. The summed E-state index contributed by atoms with van der Waals surface area (Å²) in [5.41, 5.74) is 1.67. The molecule has 6 heteroatoms. The Hall–Kier alpha value is -2.24. The molecule has 3 rings (SSSR count). The lowest BCUT2D eigenvalue weighted by atomic mass is 10.2. The van der Waals surface area contributed by atoms with Gasteiger partial charge in [0.15, 0.2) is 11.5 Å². The highest BCUT2D eigenvalue weighted by Gasteiger charge is 2.22. The van der Waals surface area contributed by atoms with E-state index in [1.807, 2.05) is 61.3 Å². The number of carbonyl (C=O) groups is 1. The molecule has 1 unspecified atom stereocenters. The average Bonchev–Trinajstić information content (AvgIpc) is 2.57. The van der Waals surface area contributed by atoms with E-state index in [4.69, 9.17) is 21.1 Å². The van der Waals surface area contributed by atoms with Crippen LogP contribution in [0.15, 0.2) is 42.5 Å². The number of nitrogens with one attached hydrogen (secondary N) is 1. The van der Waals surface area contributed by atoms with E-state index >= 15 is 0 Å². The fraction of sp³-hybridized carbons (Fsp3) is 0.316. The van der Waals surface area contributed by atoms with Gasteiger partial charge in [0.05, 0.1) is 17.3 Å². The number of amides is 1. The molecular weight excluding hydrogens is 340 g/mol. The minimum atomic E-state index is -0.120. The monoisotopic (exact) mass is 360 g/mol. The van der Waals surface area contributed by atoms with Gasteiger partial charge in [0.25, 0.3) is 0 Å². The van der Waals surface area contributed by atoms with Crippen molar-refractivity contribution in [2.45, 2.75) is 13.0 Å². The van der Waals surface area contributed by atoms with Gasteiger partial charge in [-0.25, -0.2) is 0 Å². The van der Waals surface area contributed by atoms with E-state index in [0.717, 1.165) is 17.1 Å². The fourth-order valence-corrected chi connectivity index (χ4v) is 3.00. The van der Waals surface area contributed by atoms with Crippen LogP contribution in [-0.4, -0.2) is 43.7 Å². The van der Waals surface area contributed by atoms with Gasteiger partial charge < -0.3 is 14.8 Å². The zero-order valence-corrected chi connectivity index (χ0v) is 15.0. The summed E-state index contributed by atoms with van der Waals surface area (Å²) >= 11 is 6.15. The van der Waals surface area contributed by atoms with Crippen LogP contribution in [0.25, 0.3) is 0 Å². The van der Waals surface area contributed by atoms with Crippen molar-refractivity contribution in [3.8, 4) is 11.5 Å². The van der Waals surface area contributed by atoms with Crippen LogP contribution in [0.3, 0.4) is 0 Å². The molecule has 0 saturated heterocycles. The third kappa shape index (κ3) is 4.65. The van der Waals surface area contributed by atoms with Crippen molar-refractivity contribution in [2.24, 2.45) is 0 Å². The number of anilines is 1.